The monoisotopic (exact) mass is 517 g/mol. The largest absolute Gasteiger partial charge is 0.317 e. The molecule has 0 aliphatic heterocycles. The van der Waals surface area contributed by atoms with Crippen molar-refractivity contribution in [3.8, 4) is 11.1 Å². The molecule has 3 heterocycles. The van der Waals surface area contributed by atoms with E-state index in [0.29, 0.717) is 0 Å². The van der Waals surface area contributed by atoms with Gasteiger partial charge in [0.2, 0.25) is 0 Å². The Morgan fingerprint density at radius 3 is 2.32 bits per heavy atom. The lowest BCUT2D eigenvalue weighted by Crippen LogP contribution is -2.15. The van der Waals surface area contributed by atoms with Gasteiger partial charge in [0.15, 0.2) is 5.65 Å². The minimum absolute atomic E-state index is 0.872. The number of pyridine rings is 1. The molecule has 1 aromatic carbocycles. The maximum absolute atomic E-state index is 4.59. The van der Waals surface area contributed by atoms with Crippen LogP contribution in [-0.4, -0.2) is 32.7 Å². The molecule has 1 N–H and O–H groups in total. The third-order valence-corrected chi connectivity index (χ3v) is 6.59. The lowest BCUT2D eigenvalue weighted by Gasteiger charge is -2.07. The van der Waals surface area contributed by atoms with Crippen LogP contribution in [0.3, 0.4) is 0 Å². The molecule has 0 aliphatic rings. The van der Waals surface area contributed by atoms with Gasteiger partial charge in [0.1, 0.15) is 0 Å². The molecule has 5 nitrogen and oxygen atoms in total. The minimum atomic E-state index is 0.872. The molecule has 1 unspecified atom stereocenters. The maximum Gasteiger partial charge on any atom is 0.162 e. The van der Waals surface area contributed by atoms with Gasteiger partial charge in [-0.05, 0) is 69.0 Å². The zero-order valence-corrected chi connectivity index (χ0v) is 25.1. The molecule has 3 aromatic heterocycles. The summed E-state index contributed by atoms with van der Waals surface area (Å²) in [5.41, 5.74) is 6.12. The first-order chi connectivity index (χ1) is 18.4. The number of nitrogens with zero attached hydrogens (tertiary/aromatic N) is 4. The van der Waals surface area contributed by atoms with Gasteiger partial charge in [0.25, 0.3) is 0 Å². The third-order valence-electron chi connectivity index (χ3n) is 6.59. The summed E-state index contributed by atoms with van der Waals surface area (Å²) in [4.78, 5) is 9.13. The van der Waals surface area contributed by atoms with Crippen LogP contribution in [0.25, 0.3) is 27.7 Å². The van der Waals surface area contributed by atoms with Crippen molar-refractivity contribution >= 4 is 16.6 Å². The predicted octanol–water partition coefficient (Wildman–Crippen LogP) is 8.96. The smallest absolute Gasteiger partial charge is 0.162 e. The molecule has 0 fully saturated rings. The Balaban J connectivity index is 0.000000250. The quantitative estimate of drug-likeness (QED) is 0.202. The maximum atomic E-state index is 4.59. The molecule has 0 saturated heterocycles. The van der Waals surface area contributed by atoms with E-state index >= 15 is 0 Å². The van der Waals surface area contributed by atoms with E-state index < -0.39 is 0 Å². The van der Waals surface area contributed by atoms with Crippen LogP contribution >= 0.6 is 0 Å². The van der Waals surface area contributed by atoms with Crippen molar-refractivity contribution in [3.63, 3.8) is 0 Å². The number of hydrogen-bond donors (Lipinski definition) is 1. The molecular weight excluding hydrogens is 466 g/mol. The van der Waals surface area contributed by atoms with Gasteiger partial charge in [-0.1, -0.05) is 91.3 Å². The molecule has 0 radical (unpaired) electrons. The van der Waals surface area contributed by atoms with Crippen molar-refractivity contribution in [1.29, 1.82) is 0 Å². The van der Waals surface area contributed by atoms with Crippen LogP contribution in [0.15, 0.2) is 48.9 Å². The van der Waals surface area contributed by atoms with Crippen molar-refractivity contribution in [1.82, 2.24) is 24.9 Å². The molecule has 0 spiro atoms. The van der Waals surface area contributed by atoms with Gasteiger partial charge in [-0.2, -0.15) is 5.10 Å². The molecule has 4 rings (SSSR count). The first-order valence-corrected chi connectivity index (χ1v) is 14.8. The van der Waals surface area contributed by atoms with Gasteiger partial charge >= 0.3 is 0 Å². The predicted molar refractivity (Wildman–Crippen MR) is 165 cm³/mol. The summed E-state index contributed by atoms with van der Waals surface area (Å²) in [6, 6.07) is 10.3. The fourth-order valence-electron chi connectivity index (χ4n) is 4.48. The Morgan fingerprint density at radius 1 is 0.842 bits per heavy atom. The molecule has 0 aliphatic carbocycles. The summed E-state index contributed by atoms with van der Waals surface area (Å²) in [6.45, 7) is 17.7. The van der Waals surface area contributed by atoms with Crippen LogP contribution in [0.2, 0.25) is 0 Å². The zero-order valence-electron chi connectivity index (χ0n) is 25.1. The van der Waals surface area contributed by atoms with Crippen LogP contribution in [0.4, 0.5) is 0 Å². The molecule has 5 heteroatoms. The molecule has 38 heavy (non-hydrogen) atoms. The van der Waals surface area contributed by atoms with E-state index in [0.717, 1.165) is 44.9 Å². The molecule has 0 saturated carbocycles. The van der Waals surface area contributed by atoms with E-state index in [1.54, 1.807) is 0 Å². The lowest BCUT2D eigenvalue weighted by atomic mass is 10.00. The van der Waals surface area contributed by atoms with E-state index in [2.05, 4.69) is 67.1 Å². The van der Waals surface area contributed by atoms with E-state index in [1.165, 1.54) is 64.5 Å². The first kappa shape index (κ1) is 31.4. The number of benzene rings is 1. The van der Waals surface area contributed by atoms with Crippen molar-refractivity contribution in [2.24, 2.45) is 5.92 Å². The van der Waals surface area contributed by atoms with Crippen molar-refractivity contribution < 1.29 is 0 Å². The van der Waals surface area contributed by atoms with Crippen LogP contribution in [0.5, 0.6) is 0 Å². The Morgan fingerprint density at radius 2 is 1.61 bits per heavy atom. The summed E-state index contributed by atoms with van der Waals surface area (Å²) in [5.74, 6) is 0.968. The van der Waals surface area contributed by atoms with Crippen molar-refractivity contribution in [3.05, 3.63) is 60.2 Å². The second-order valence-electron chi connectivity index (χ2n) is 10.4. The topological polar surface area (TPSA) is 55.1 Å². The summed E-state index contributed by atoms with van der Waals surface area (Å²) in [7, 11) is 0. The normalized spacial score (nSPS) is 11.6. The standard InChI is InChI=1S/C17H14N4.C9H20.C7H17N/c1-11-8-18-17-15(9-19-21(17)10-11)14-7-12(2)20-16-6-4-3-5-13(14)16;1-4-6-8-9(3)7-5-2;1-3-5-7-8-6-4-2/h3-10H,1-2H3;9H,4-8H2,1-3H3;8H,3-7H2,1-2H3. The number of hydrogen-bond acceptors (Lipinski definition) is 4. The number of aromatic nitrogens is 4. The van der Waals surface area contributed by atoms with Crippen molar-refractivity contribution in [2.45, 2.75) is 99.8 Å². The van der Waals surface area contributed by atoms with Crippen LogP contribution < -0.4 is 5.32 Å². The SMILES string of the molecule is CCCCC(C)CCC.CCCCNCCC.Cc1cnc2c(-c3cc(C)nc4ccccc34)cnn2c1. The van der Waals surface area contributed by atoms with Gasteiger partial charge in [-0.15, -0.1) is 0 Å². The number of unbranched alkanes of at least 4 members (excludes halogenated alkanes) is 2. The summed E-state index contributed by atoms with van der Waals surface area (Å²) >= 11 is 0. The van der Waals surface area contributed by atoms with E-state index in [-0.39, 0.29) is 0 Å². The third kappa shape index (κ3) is 10.2. The average Bonchev–Trinajstić information content (AvgIpc) is 3.33. The fraction of sp³-hybridized carbons (Fsp3) is 0.545. The average molecular weight is 518 g/mol. The lowest BCUT2D eigenvalue weighted by molar-refractivity contribution is 0.466. The van der Waals surface area contributed by atoms with Crippen LogP contribution in [0, 0.1) is 19.8 Å². The van der Waals surface area contributed by atoms with Crippen LogP contribution in [-0.2, 0) is 0 Å². The highest BCUT2D eigenvalue weighted by Crippen LogP contribution is 2.30. The molecule has 1 atom stereocenters. The number of aryl methyl sites for hydroxylation is 2. The molecule has 208 valence electrons. The second-order valence-corrected chi connectivity index (χ2v) is 10.4. The highest BCUT2D eigenvalue weighted by atomic mass is 15.2. The summed E-state index contributed by atoms with van der Waals surface area (Å²) in [5, 5.41) is 8.89. The van der Waals surface area contributed by atoms with Crippen molar-refractivity contribution in [2.75, 3.05) is 13.1 Å². The first-order valence-electron chi connectivity index (χ1n) is 14.8. The van der Waals surface area contributed by atoms with Gasteiger partial charge in [-0.25, -0.2) is 9.50 Å². The van der Waals surface area contributed by atoms with Crippen LogP contribution in [0.1, 0.15) is 97.2 Å². The Kier molecular flexibility index (Phi) is 14.6. The Bertz CT molecular complexity index is 1190. The molecule has 0 bridgehead atoms. The summed E-state index contributed by atoms with van der Waals surface area (Å²) < 4.78 is 1.83. The summed E-state index contributed by atoms with van der Waals surface area (Å²) in [6.07, 6.45) is 16.6. The molecule has 0 amide bonds. The van der Waals surface area contributed by atoms with Gasteiger partial charge in [0, 0.05) is 29.0 Å². The highest BCUT2D eigenvalue weighted by Gasteiger charge is 2.12. The number of rotatable bonds is 11. The highest BCUT2D eigenvalue weighted by molar-refractivity contribution is 5.97. The second kappa shape index (κ2) is 17.7. The number of para-hydroxylation sites is 1. The fourth-order valence-corrected chi connectivity index (χ4v) is 4.48. The van der Waals surface area contributed by atoms with Gasteiger partial charge < -0.3 is 5.32 Å². The Hall–Kier alpha value is -2.79. The minimum Gasteiger partial charge on any atom is -0.317 e. The molecular formula is C33H51N5. The zero-order chi connectivity index (χ0) is 27.8. The van der Waals surface area contributed by atoms with E-state index in [4.69, 9.17) is 0 Å². The van der Waals surface area contributed by atoms with E-state index in [9.17, 15) is 0 Å². The number of nitrogens with one attached hydrogen (secondary N) is 1. The van der Waals surface area contributed by atoms with E-state index in [1.807, 2.05) is 55.2 Å². The van der Waals surface area contributed by atoms with Gasteiger partial charge in [0.05, 0.1) is 11.7 Å². The number of fused-ring (bicyclic) bond motifs is 2. The Labute approximate surface area is 231 Å². The van der Waals surface area contributed by atoms with Gasteiger partial charge in [-0.3, -0.25) is 4.98 Å². The molecule has 4 aromatic rings.